The van der Waals surface area contributed by atoms with Crippen molar-refractivity contribution in [1.29, 1.82) is 0 Å². The summed E-state index contributed by atoms with van der Waals surface area (Å²) in [5.41, 5.74) is -1.41. The van der Waals surface area contributed by atoms with Gasteiger partial charge in [0, 0.05) is 11.6 Å². The van der Waals surface area contributed by atoms with E-state index in [0.717, 1.165) is 23.9 Å². The van der Waals surface area contributed by atoms with Gasteiger partial charge in [-0.2, -0.15) is 5.10 Å². The van der Waals surface area contributed by atoms with Crippen molar-refractivity contribution >= 4 is 40.3 Å². The van der Waals surface area contributed by atoms with Gasteiger partial charge in [0.25, 0.3) is 5.91 Å². The molecule has 1 saturated heterocycles. The van der Waals surface area contributed by atoms with Crippen LogP contribution in [-0.2, 0) is 16.9 Å². The van der Waals surface area contributed by atoms with Gasteiger partial charge in [-0.15, -0.1) is 0 Å². The standard InChI is InChI=1S/C22H18F2N4O4S2/c1-31-18-6-13(7-19-20(29)27-21(33)34-19)2-5-17(18)32-10-22(30,9-28-12-25-11-26-28)15-4-3-14(23)8-16(15)24/h2-8,11-12,30H,9-10H2,1H3,(H,27,29,33)/b19-7-. The number of rotatable bonds is 8. The number of thiocarbonyl (C=S) groups is 1. The van der Waals surface area contributed by atoms with Crippen molar-refractivity contribution in [3.63, 3.8) is 0 Å². The lowest BCUT2D eigenvalue weighted by Crippen LogP contribution is -2.39. The molecule has 4 rings (SSSR count). The van der Waals surface area contributed by atoms with Gasteiger partial charge >= 0.3 is 0 Å². The third-order valence-electron chi connectivity index (χ3n) is 4.92. The molecule has 2 N–H and O–H groups in total. The van der Waals surface area contributed by atoms with Crippen molar-refractivity contribution in [3.05, 3.63) is 76.7 Å². The van der Waals surface area contributed by atoms with Crippen LogP contribution < -0.4 is 14.8 Å². The summed E-state index contributed by atoms with van der Waals surface area (Å²) in [6.07, 6.45) is 4.28. The summed E-state index contributed by atoms with van der Waals surface area (Å²) in [4.78, 5) is 16.2. The monoisotopic (exact) mass is 504 g/mol. The minimum atomic E-state index is -1.91. The quantitative estimate of drug-likeness (QED) is 0.357. The highest BCUT2D eigenvalue weighted by atomic mass is 32.2. The molecular formula is C22H18F2N4O4S2. The number of aliphatic hydroxyl groups is 1. The Kier molecular flexibility index (Phi) is 6.91. The number of nitrogens with one attached hydrogen (secondary N) is 1. The number of ether oxygens (including phenoxy) is 2. The molecular weight excluding hydrogens is 486 g/mol. The topological polar surface area (TPSA) is 98.5 Å². The van der Waals surface area contributed by atoms with E-state index in [0.29, 0.717) is 26.6 Å². The Morgan fingerprint density at radius 1 is 1.26 bits per heavy atom. The summed E-state index contributed by atoms with van der Waals surface area (Å²) in [5, 5.41) is 17.9. The van der Waals surface area contributed by atoms with Crippen molar-refractivity contribution in [2.75, 3.05) is 13.7 Å². The van der Waals surface area contributed by atoms with Gasteiger partial charge < -0.3 is 19.9 Å². The summed E-state index contributed by atoms with van der Waals surface area (Å²) < 4.78 is 40.9. The molecule has 1 aliphatic heterocycles. The SMILES string of the molecule is COc1cc(/C=C2\SC(=S)NC2=O)ccc1OCC(O)(Cn1cncn1)c1ccc(F)cc1F. The number of aromatic nitrogens is 3. The van der Waals surface area contributed by atoms with Crippen molar-refractivity contribution in [3.8, 4) is 11.5 Å². The lowest BCUT2D eigenvalue weighted by atomic mass is 9.94. The molecule has 0 aliphatic carbocycles. The smallest absolute Gasteiger partial charge is 0.263 e. The van der Waals surface area contributed by atoms with Gasteiger partial charge in [0.05, 0.1) is 18.6 Å². The van der Waals surface area contributed by atoms with E-state index in [4.69, 9.17) is 21.7 Å². The zero-order chi connectivity index (χ0) is 24.3. The number of hydrogen-bond acceptors (Lipinski definition) is 8. The number of thioether (sulfide) groups is 1. The van der Waals surface area contributed by atoms with Crippen LogP contribution >= 0.6 is 24.0 Å². The van der Waals surface area contributed by atoms with E-state index in [1.54, 1.807) is 24.3 Å². The normalized spacial score (nSPS) is 16.4. The molecule has 1 unspecified atom stereocenters. The van der Waals surface area contributed by atoms with Gasteiger partial charge in [0.2, 0.25) is 0 Å². The van der Waals surface area contributed by atoms with Crippen molar-refractivity contribution < 1.29 is 28.2 Å². The Morgan fingerprint density at radius 2 is 2.09 bits per heavy atom. The third kappa shape index (κ3) is 5.24. The van der Waals surface area contributed by atoms with Crippen LogP contribution in [0.2, 0.25) is 0 Å². The fourth-order valence-corrected chi connectivity index (χ4v) is 4.36. The molecule has 2 aromatic carbocycles. The lowest BCUT2D eigenvalue weighted by molar-refractivity contribution is -0.115. The van der Waals surface area contributed by atoms with E-state index < -0.39 is 23.8 Å². The fourth-order valence-electron chi connectivity index (χ4n) is 3.32. The van der Waals surface area contributed by atoms with E-state index in [2.05, 4.69) is 15.4 Å². The van der Waals surface area contributed by atoms with E-state index >= 15 is 0 Å². The molecule has 1 fully saturated rings. The number of carbonyl (C=O) groups is 1. The van der Waals surface area contributed by atoms with Crippen LogP contribution in [0, 0.1) is 11.6 Å². The summed E-state index contributed by atoms with van der Waals surface area (Å²) in [7, 11) is 1.44. The summed E-state index contributed by atoms with van der Waals surface area (Å²) in [6, 6.07) is 7.83. The van der Waals surface area contributed by atoms with E-state index in [9.17, 15) is 18.7 Å². The molecule has 0 spiro atoms. The number of halogens is 2. The van der Waals surface area contributed by atoms with Gasteiger partial charge in [-0.05, 0) is 29.8 Å². The van der Waals surface area contributed by atoms with Crippen LogP contribution in [0.4, 0.5) is 8.78 Å². The average Bonchev–Trinajstić information content (AvgIpc) is 3.41. The lowest BCUT2D eigenvalue weighted by Gasteiger charge is -2.29. The maximum atomic E-state index is 14.6. The van der Waals surface area contributed by atoms with Crippen LogP contribution in [-0.4, -0.2) is 43.8 Å². The first-order chi connectivity index (χ1) is 16.3. The van der Waals surface area contributed by atoms with Crippen LogP contribution in [0.15, 0.2) is 54.0 Å². The second kappa shape index (κ2) is 9.87. The number of hydrogen-bond donors (Lipinski definition) is 2. The van der Waals surface area contributed by atoms with Gasteiger partial charge in [-0.25, -0.2) is 18.4 Å². The molecule has 34 heavy (non-hydrogen) atoms. The number of methoxy groups -OCH3 is 1. The molecule has 8 nitrogen and oxygen atoms in total. The molecule has 2 heterocycles. The van der Waals surface area contributed by atoms with E-state index in [1.807, 2.05) is 0 Å². The summed E-state index contributed by atoms with van der Waals surface area (Å²) >= 11 is 6.14. The minimum Gasteiger partial charge on any atom is -0.493 e. The number of amides is 1. The minimum absolute atomic E-state index is 0.162. The van der Waals surface area contributed by atoms with Crippen molar-refractivity contribution in [1.82, 2.24) is 20.1 Å². The van der Waals surface area contributed by atoms with Crippen LogP contribution in [0.25, 0.3) is 6.08 Å². The van der Waals surface area contributed by atoms with Crippen molar-refractivity contribution in [2.45, 2.75) is 12.1 Å². The number of benzene rings is 2. The highest BCUT2D eigenvalue weighted by molar-refractivity contribution is 8.26. The van der Waals surface area contributed by atoms with E-state index in [-0.39, 0.29) is 23.8 Å². The largest absolute Gasteiger partial charge is 0.493 e. The molecule has 0 radical (unpaired) electrons. The molecule has 0 saturated carbocycles. The molecule has 0 bridgehead atoms. The Hall–Kier alpha value is -3.35. The second-order valence-electron chi connectivity index (χ2n) is 7.30. The Balaban J connectivity index is 1.60. The van der Waals surface area contributed by atoms with Gasteiger partial charge in [-0.3, -0.25) is 4.79 Å². The highest BCUT2D eigenvalue weighted by Crippen LogP contribution is 2.34. The molecule has 3 aromatic rings. The van der Waals surface area contributed by atoms with Crippen molar-refractivity contribution in [2.24, 2.45) is 0 Å². The van der Waals surface area contributed by atoms with Crippen LogP contribution in [0.3, 0.4) is 0 Å². The number of nitrogens with zero attached hydrogens (tertiary/aromatic N) is 3. The summed E-state index contributed by atoms with van der Waals surface area (Å²) in [5.74, 6) is -1.39. The third-order valence-corrected chi connectivity index (χ3v) is 6.08. The number of carbonyl (C=O) groups excluding carboxylic acids is 1. The molecule has 1 aliphatic rings. The predicted octanol–water partition coefficient (Wildman–Crippen LogP) is 3.02. The highest BCUT2D eigenvalue weighted by Gasteiger charge is 2.35. The fraction of sp³-hybridized carbons (Fsp3) is 0.182. The first-order valence-corrected chi connectivity index (χ1v) is 11.1. The molecule has 1 aromatic heterocycles. The predicted molar refractivity (Wildman–Crippen MR) is 125 cm³/mol. The Morgan fingerprint density at radius 3 is 2.74 bits per heavy atom. The zero-order valence-electron chi connectivity index (χ0n) is 17.7. The van der Waals surface area contributed by atoms with E-state index in [1.165, 1.54) is 24.4 Å². The molecule has 12 heteroatoms. The first-order valence-electron chi connectivity index (χ1n) is 9.83. The Bertz CT molecular complexity index is 1270. The van der Waals surface area contributed by atoms with Crippen LogP contribution in [0.1, 0.15) is 11.1 Å². The molecule has 1 amide bonds. The molecule has 1 atom stereocenters. The second-order valence-corrected chi connectivity index (χ2v) is 9.02. The van der Waals surface area contributed by atoms with Gasteiger partial charge in [0.15, 0.2) is 11.5 Å². The zero-order valence-corrected chi connectivity index (χ0v) is 19.3. The molecule has 176 valence electrons. The van der Waals surface area contributed by atoms with Gasteiger partial charge in [-0.1, -0.05) is 36.1 Å². The first kappa shape index (κ1) is 23.8. The van der Waals surface area contributed by atoms with Gasteiger partial charge in [0.1, 0.15) is 40.8 Å². The Labute approximate surface area is 202 Å². The summed E-state index contributed by atoms with van der Waals surface area (Å²) in [6.45, 7) is -0.604. The maximum Gasteiger partial charge on any atom is 0.263 e. The average molecular weight is 505 g/mol. The maximum absolute atomic E-state index is 14.6. The van der Waals surface area contributed by atoms with Crippen LogP contribution in [0.5, 0.6) is 11.5 Å².